The molecule has 6 nitrogen and oxygen atoms in total. The largest absolute Gasteiger partial charge is 0.338 e. The molecule has 0 unspecified atom stereocenters. The van der Waals surface area contributed by atoms with Crippen LogP contribution in [0.5, 0.6) is 0 Å². The lowest BCUT2D eigenvalue weighted by Gasteiger charge is -2.11. The topological polar surface area (TPSA) is 67.5 Å². The number of benzene rings is 1. The Kier molecular flexibility index (Phi) is 3.28. The normalized spacial score (nSPS) is 12.5. The maximum atomic E-state index is 4.73. The van der Waals surface area contributed by atoms with Crippen LogP contribution in [0.3, 0.4) is 0 Å². The van der Waals surface area contributed by atoms with Crippen LogP contribution in [-0.4, -0.2) is 25.8 Å². The molecule has 0 amide bonds. The number of aryl methyl sites for hydroxylation is 1. The van der Waals surface area contributed by atoms with E-state index in [1.54, 1.807) is 0 Å². The first kappa shape index (κ1) is 14.8. The Morgan fingerprint density at radius 3 is 2.92 bits per heavy atom. The summed E-state index contributed by atoms with van der Waals surface area (Å²) < 4.78 is 1.82. The zero-order valence-corrected chi connectivity index (χ0v) is 14.2. The number of hydrogen-bond donors (Lipinski definition) is 1. The summed E-state index contributed by atoms with van der Waals surface area (Å²) in [5.74, 6) is 1.33. The summed E-state index contributed by atoms with van der Waals surface area (Å²) >= 11 is 0. The Labute approximate surface area is 150 Å². The molecule has 0 spiro atoms. The Balaban J connectivity index is 1.60. The molecule has 0 fully saturated rings. The molecule has 0 saturated heterocycles. The second-order valence-corrected chi connectivity index (χ2v) is 6.29. The first-order valence-corrected chi connectivity index (χ1v) is 8.45. The van der Waals surface area contributed by atoms with Crippen molar-refractivity contribution < 1.29 is 0 Å². The molecule has 4 heterocycles. The van der Waals surface area contributed by atoms with E-state index in [1.807, 2.05) is 54.2 Å². The highest BCUT2D eigenvalue weighted by molar-refractivity contribution is 5.87. The van der Waals surface area contributed by atoms with Gasteiger partial charge in [0.1, 0.15) is 11.2 Å². The minimum atomic E-state index is 0.586. The van der Waals surface area contributed by atoms with Gasteiger partial charge in [-0.3, -0.25) is 4.99 Å². The van der Waals surface area contributed by atoms with Crippen LogP contribution in [0, 0.1) is 6.92 Å². The predicted molar refractivity (Wildman–Crippen MR) is 102 cm³/mol. The smallest absolute Gasteiger partial charge is 0.200 e. The molecule has 1 aliphatic heterocycles. The van der Waals surface area contributed by atoms with Crippen LogP contribution in [0.1, 0.15) is 16.8 Å². The Morgan fingerprint density at radius 1 is 1.04 bits per heavy atom. The van der Waals surface area contributed by atoms with Crippen LogP contribution in [0.2, 0.25) is 0 Å². The number of aromatic nitrogens is 4. The molecule has 26 heavy (non-hydrogen) atoms. The molecule has 6 heteroatoms. The molecular weight excluding hydrogens is 324 g/mol. The van der Waals surface area contributed by atoms with Gasteiger partial charge in [-0.25, -0.2) is 14.5 Å². The fourth-order valence-corrected chi connectivity index (χ4v) is 3.12. The molecular formula is C20H16N6. The van der Waals surface area contributed by atoms with Gasteiger partial charge in [0.05, 0.1) is 6.54 Å². The van der Waals surface area contributed by atoms with Gasteiger partial charge in [-0.2, -0.15) is 0 Å². The van der Waals surface area contributed by atoms with Crippen molar-refractivity contribution in [3.05, 3.63) is 71.5 Å². The number of nitrogens with one attached hydrogen (secondary N) is 1. The number of anilines is 2. The molecule has 4 aromatic rings. The third-order valence-corrected chi connectivity index (χ3v) is 4.41. The minimum Gasteiger partial charge on any atom is -0.338 e. The zero-order chi connectivity index (χ0) is 17.5. The van der Waals surface area contributed by atoms with E-state index in [-0.39, 0.29) is 0 Å². The van der Waals surface area contributed by atoms with Crippen molar-refractivity contribution in [1.29, 1.82) is 0 Å². The van der Waals surface area contributed by atoms with Crippen molar-refractivity contribution in [2.24, 2.45) is 4.99 Å². The van der Waals surface area contributed by atoms with Gasteiger partial charge < -0.3 is 5.32 Å². The summed E-state index contributed by atoms with van der Waals surface area (Å²) in [5, 5.41) is 8.01. The number of pyridine rings is 1. The second kappa shape index (κ2) is 5.77. The zero-order valence-electron chi connectivity index (χ0n) is 14.2. The molecule has 1 aliphatic rings. The summed E-state index contributed by atoms with van der Waals surface area (Å²) in [6.07, 6.45) is 3.83. The van der Waals surface area contributed by atoms with Crippen molar-refractivity contribution in [2.75, 3.05) is 5.32 Å². The monoisotopic (exact) mass is 340 g/mol. The number of nitrogens with zero attached hydrogens (tertiary/aromatic N) is 5. The van der Waals surface area contributed by atoms with Crippen molar-refractivity contribution in [3.63, 3.8) is 0 Å². The highest BCUT2D eigenvalue weighted by Crippen LogP contribution is 2.25. The molecule has 1 aromatic carbocycles. The number of fused-ring (bicyclic) bond motifs is 2. The van der Waals surface area contributed by atoms with E-state index >= 15 is 0 Å². The van der Waals surface area contributed by atoms with Gasteiger partial charge in [-0.05, 0) is 54.4 Å². The third-order valence-electron chi connectivity index (χ3n) is 4.41. The van der Waals surface area contributed by atoms with Gasteiger partial charge in [-0.15, -0.1) is 5.10 Å². The fourth-order valence-electron chi connectivity index (χ4n) is 3.12. The van der Waals surface area contributed by atoms with E-state index in [1.165, 1.54) is 5.56 Å². The number of aliphatic imine (C=N–C) groups is 1. The van der Waals surface area contributed by atoms with E-state index in [2.05, 4.69) is 38.6 Å². The molecule has 0 saturated carbocycles. The van der Waals surface area contributed by atoms with Crippen LogP contribution in [0.15, 0.2) is 59.7 Å². The number of rotatable bonds is 3. The molecule has 0 atom stereocenters. The summed E-state index contributed by atoms with van der Waals surface area (Å²) in [6.45, 7) is 2.72. The maximum absolute atomic E-state index is 4.73. The lowest BCUT2D eigenvalue weighted by atomic mass is 10.1. The quantitative estimate of drug-likeness (QED) is 0.616. The lowest BCUT2D eigenvalue weighted by Crippen LogP contribution is -2.04. The third kappa shape index (κ3) is 2.52. The summed E-state index contributed by atoms with van der Waals surface area (Å²) in [5.41, 5.74) is 5.97. The molecule has 0 radical (unpaired) electrons. The van der Waals surface area contributed by atoms with Crippen molar-refractivity contribution in [3.8, 4) is 11.5 Å². The Hall–Kier alpha value is -3.54. The van der Waals surface area contributed by atoms with E-state index in [4.69, 9.17) is 4.98 Å². The van der Waals surface area contributed by atoms with Crippen LogP contribution in [0.25, 0.3) is 17.0 Å². The SMILES string of the molecule is Cc1cccc(-c2nc(Nc3ccc4c(c3)C=NC4)c3cccn3n2)n1. The van der Waals surface area contributed by atoms with Crippen LogP contribution < -0.4 is 5.32 Å². The Morgan fingerprint density at radius 2 is 2.00 bits per heavy atom. The lowest BCUT2D eigenvalue weighted by molar-refractivity contribution is 0.908. The van der Waals surface area contributed by atoms with Crippen LogP contribution in [-0.2, 0) is 6.54 Å². The van der Waals surface area contributed by atoms with Crippen molar-refractivity contribution in [2.45, 2.75) is 13.5 Å². The van der Waals surface area contributed by atoms with Gasteiger partial charge in [0, 0.05) is 23.8 Å². The molecule has 0 aliphatic carbocycles. The predicted octanol–water partition coefficient (Wildman–Crippen LogP) is 3.78. The Bertz CT molecular complexity index is 1160. The van der Waals surface area contributed by atoms with Crippen LogP contribution >= 0.6 is 0 Å². The van der Waals surface area contributed by atoms with Gasteiger partial charge in [0.2, 0.25) is 5.82 Å². The molecule has 1 N–H and O–H groups in total. The summed E-state index contributed by atoms with van der Waals surface area (Å²) in [7, 11) is 0. The van der Waals surface area contributed by atoms with E-state index in [9.17, 15) is 0 Å². The van der Waals surface area contributed by atoms with E-state index in [0.717, 1.165) is 40.5 Å². The average Bonchev–Trinajstić information content (AvgIpc) is 3.30. The van der Waals surface area contributed by atoms with Gasteiger partial charge in [-0.1, -0.05) is 12.1 Å². The first-order valence-electron chi connectivity index (χ1n) is 8.45. The first-order chi connectivity index (χ1) is 12.8. The molecule has 0 bridgehead atoms. The van der Waals surface area contributed by atoms with Gasteiger partial charge in [0.25, 0.3) is 0 Å². The highest BCUT2D eigenvalue weighted by Gasteiger charge is 2.12. The van der Waals surface area contributed by atoms with Crippen molar-refractivity contribution in [1.82, 2.24) is 19.6 Å². The fraction of sp³-hybridized carbons (Fsp3) is 0.100. The second-order valence-electron chi connectivity index (χ2n) is 6.29. The maximum Gasteiger partial charge on any atom is 0.200 e. The molecule has 3 aromatic heterocycles. The average molecular weight is 340 g/mol. The minimum absolute atomic E-state index is 0.586. The van der Waals surface area contributed by atoms with Crippen molar-refractivity contribution >= 4 is 23.2 Å². The van der Waals surface area contributed by atoms with E-state index < -0.39 is 0 Å². The standard InChI is InChI=1S/C20H16N6/c1-13-4-2-5-17(22-13)19-24-20(18-6-3-9-26(18)25-19)23-16-8-7-14-11-21-12-15(14)10-16/h2-10,12H,11H2,1H3,(H,23,24,25). The van der Waals surface area contributed by atoms with E-state index in [0.29, 0.717) is 5.82 Å². The summed E-state index contributed by atoms with van der Waals surface area (Å²) in [6, 6.07) is 16.1. The molecule has 126 valence electrons. The van der Waals surface area contributed by atoms with Crippen LogP contribution in [0.4, 0.5) is 11.5 Å². The highest BCUT2D eigenvalue weighted by atomic mass is 15.3. The number of hydrogen-bond acceptors (Lipinski definition) is 5. The van der Waals surface area contributed by atoms with Gasteiger partial charge >= 0.3 is 0 Å². The molecule has 5 rings (SSSR count). The van der Waals surface area contributed by atoms with Gasteiger partial charge in [0.15, 0.2) is 5.82 Å². The summed E-state index contributed by atoms with van der Waals surface area (Å²) in [4.78, 5) is 13.6.